The number of rotatable bonds is 0. The molecule has 0 saturated carbocycles. The van der Waals surface area contributed by atoms with Gasteiger partial charge in [-0.15, -0.1) is 0 Å². The fraction of sp³-hybridized carbons (Fsp3) is 0. The van der Waals surface area contributed by atoms with Gasteiger partial charge in [-0.3, -0.25) is 0 Å². The molecule has 0 aliphatic carbocycles. The first-order valence-electron chi connectivity index (χ1n) is 0.482. The molecule has 0 heterocycles. The molecule has 0 unspecified atom stereocenters. The lowest BCUT2D eigenvalue weighted by Gasteiger charge is -1.27. The first-order valence-corrected chi connectivity index (χ1v) is 2.27. The van der Waals surface area contributed by atoms with Gasteiger partial charge in [0.2, 0.25) is 0 Å². The molecular formula is H4NOSSi. The van der Waals surface area contributed by atoms with Crippen molar-refractivity contribution in [3.63, 3.8) is 0 Å². The van der Waals surface area contributed by atoms with Crippen molar-refractivity contribution >= 4 is 21.5 Å². The van der Waals surface area contributed by atoms with Crippen LogP contribution in [0.15, 0.2) is 0 Å². The molecule has 0 spiro atoms. The van der Waals surface area contributed by atoms with E-state index in [0.29, 0.717) is 0 Å². The molecule has 0 amide bonds. The molecule has 0 fully saturated rings. The van der Waals surface area contributed by atoms with E-state index < -0.39 is 0 Å². The average Bonchev–Trinajstić information content (AvgIpc) is 1.50. The van der Waals surface area contributed by atoms with Crippen LogP contribution in [0.3, 0.4) is 0 Å². The minimum Gasteiger partial charge on any atom is -0.320 e. The Morgan fingerprint density at radius 2 is 1.50 bits per heavy atom. The van der Waals surface area contributed by atoms with E-state index in [4.69, 9.17) is 5.21 Å². The predicted octanol–water partition coefficient (Wildman–Crippen LogP) is -0.666. The van der Waals surface area contributed by atoms with E-state index >= 15 is 0 Å². The van der Waals surface area contributed by atoms with Gasteiger partial charge in [-0.25, -0.2) is 18.0 Å². The Morgan fingerprint density at radius 1 is 1.50 bits per heavy atom. The Balaban J connectivity index is 0. The van der Waals surface area contributed by atoms with Gasteiger partial charge in [-0.1, -0.05) is 0 Å². The molecule has 0 aliphatic rings. The van der Waals surface area contributed by atoms with E-state index in [1.54, 1.807) is 0 Å². The van der Waals surface area contributed by atoms with Crippen LogP contribution in [0.25, 0.3) is 0 Å². The second kappa shape index (κ2) is 91.0. The Morgan fingerprint density at radius 3 is 1.50 bits per heavy atom. The van der Waals surface area contributed by atoms with Crippen LogP contribution in [0.5, 0.6) is 0 Å². The van der Waals surface area contributed by atoms with Crippen molar-refractivity contribution in [2.24, 2.45) is 5.90 Å². The summed E-state index contributed by atoms with van der Waals surface area (Å²) in [7, 11) is 2.67. The Bertz CT molecular complexity index is 8.00. The Hall–Kier alpha value is 0.487. The molecule has 0 rings (SSSR count). The van der Waals surface area contributed by atoms with E-state index in [1.165, 1.54) is 0 Å². The molecule has 0 aliphatic heterocycles. The zero-order valence-corrected chi connectivity index (χ0v) is 3.87. The summed E-state index contributed by atoms with van der Waals surface area (Å²) < 4.78 is 0. The normalized spacial score (nSPS) is 3.00. The van der Waals surface area contributed by atoms with Crippen molar-refractivity contribution in [1.29, 1.82) is 0 Å². The van der Waals surface area contributed by atoms with Gasteiger partial charge >= 0.3 is 0 Å². The molecule has 0 bridgehead atoms. The number of hydrogen-bond acceptors (Lipinski definition) is 3. The molecule has 0 aromatic carbocycles. The highest BCUT2D eigenvalue weighted by molar-refractivity contribution is 8.03. The third-order valence-corrected chi connectivity index (χ3v) is 0. The zero-order valence-electron chi connectivity index (χ0n) is 1.97. The first kappa shape index (κ1) is 8.82. The highest BCUT2D eigenvalue weighted by Crippen LogP contribution is 1.26. The van der Waals surface area contributed by atoms with E-state index in [0.717, 1.165) is 0 Å². The Kier molecular flexibility index (Phi) is 201. The van der Waals surface area contributed by atoms with Crippen LogP contribution >= 0.6 is 12.1 Å². The van der Waals surface area contributed by atoms with Crippen molar-refractivity contribution in [3.05, 3.63) is 0 Å². The fourth-order valence-electron chi connectivity index (χ4n) is 0. The van der Waals surface area contributed by atoms with E-state index in [9.17, 15) is 0 Å². The monoisotopic (exact) mass is 94.0 g/mol. The summed E-state index contributed by atoms with van der Waals surface area (Å²) in [5.74, 6) is 3.50. The van der Waals surface area contributed by atoms with Crippen molar-refractivity contribution in [2.75, 3.05) is 0 Å². The Labute approximate surface area is 33.4 Å². The third kappa shape index (κ3) is 23.2. The van der Waals surface area contributed by atoms with Crippen LogP contribution in [-0.2, 0) is 0 Å². The molecule has 25 valence electrons. The minimum atomic E-state index is 2.67. The number of thiol groups is 1. The summed E-state index contributed by atoms with van der Waals surface area (Å²) in [6.45, 7) is 0. The quantitative estimate of drug-likeness (QED) is 0.212. The highest BCUT2D eigenvalue weighted by Gasteiger charge is 0.966. The lowest BCUT2D eigenvalue weighted by Crippen LogP contribution is -1.72. The van der Waals surface area contributed by atoms with Gasteiger partial charge in [-0.05, 0) is 0 Å². The van der Waals surface area contributed by atoms with Crippen LogP contribution in [-0.4, -0.2) is 14.6 Å². The van der Waals surface area contributed by atoms with Gasteiger partial charge in [0.15, 0.2) is 0 Å². The van der Waals surface area contributed by atoms with Crippen LogP contribution < -0.4 is 5.90 Å². The van der Waals surface area contributed by atoms with Gasteiger partial charge in [0.05, 0.1) is 0 Å². The second-order valence-electron chi connectivity index (χ2n) is 0. The second-order valence-corrected chi connectivity index (χ2v) is 0. The van der Waals surface area contributed by atoms with Gasteiger partial charge < -0.3 is 5.21 Å². The van der Waals surface area contributed by atoms with Crippen molar-refractivity contribution in [3.8, 4) is 0 Å². The van der Waals surface area contributed by atoms with Gasteiger partial charge in [0, 0.05) is 0 Å². The first-order chi connectivity index (χ1) is 2.00. The maximum absolute atomic E-state index is 6.50. The van der Waals surface area contributed by atoms with Crippen LogP contribution in [0.2, 0.25) is 0 Å². The molecule has 0 saturated heterocycles. The lowest BCUT2D eigenvalue weighted by molar-refractivity contribution is 0.311. The molecule has 3 N–H and O–H groups in total. The number of hydrogen-bond donors (Lipinski definition) is 3. The van der Waals surface area contributed by atoms with E-state index in [-0.39, 0.29) is 0 Å². The maximum Gasteiger partial charge on any atom is 0.115 e. The van der Waals surface area contributed by atoms with Gasteiger partial charge in [0.1, 0.15) is 9.39 Å². The molecule has 2 nitrogen and oxygen atoms in total. The van der Waals surface area contributed by atoms with Crippen molar-refractivity contribution in [2.45, 2.75) is 0 Å². The minimum absolute atomic E-state index is 2.67. The topological polar surface area (TPSA) is 46.2 Å². The smallest absolute Gasteiger partial charge is 0.115 e. The molecular weight excluding hydrogens is 90.2 g/mol. The predicted molar refractivity (Wildman–Crippen MR) is 20.7 cm³/mol. The summed E-state index contributed by atoms with van der Waals surface area (Å²) in [5, 5.41) is 6.50. The molecule has 4 heavy (non-hydrogen) atoms. The summed E-state index contributed by atoms with van der Waals surface area (Å²) in [6.07, 6.45) is 0. The summed E-state index contributed by atoms with van der Waals surface area (Å²) in [5.41, 5.74) is 0. The maximum atomic E-state index is 6.50. The van der Waals surface area contributed by atoms with E-state index in [1.807, 2.05) is 0 Å². The average molecular weight is 94.2 g/mol. The lowest BCUT2D eigenvalue weighted by atomic mass is 13.6. The largest absolute Gasteiger partial charge is 0.320 e. The fourth-order valence-corrected chi connectivity index (χ4v) is 0. The third-order valence-electron chi connectivity index (χ3n) is 0. The summed E-state index contributed by atoms with van der Waals surface area (Å²) >= 11 is 3.33. The molecule has 0 atom stereocenters. The van der Waals surface area contributed by atoms with Crippen LogP contribution in [0, 0.1) is 0 Å². The highest BCUT2D eigenvalue weighted by atomic mass is 32.3. The van der Waals surface area contributed by atoms with Crippen molar-refractivity contribution < 1.29 is 5.21 Å². The molecule has 4 heteroatoms. The zero-order chi connectivity index (χ0) is 4.00. The molecule has 3 radical (unpaired) electrons. The molecule has 0 aromatic rings. The summed E-state index contributed by atoms with van der Waals surface area (Å²) in [6, 6.07) is 0. The van der Waals surface area contributed by atoms with Crippen LogP contribution in [0.4, 0.5) is 0 Å². The van der Waals surface area contributed by atoms with E-state index in [2.05, 4.69) is 27.4 Å². The molecule has 0 aromatic heterocycles. The van der Waals surface area contributed by atoms with Gasteiger partial charge in [0.25, 0.3) is 0 Å². The summed E-state index contributed by atoms with van der Waals surface area (Å²) in [4.78, 5) is 0. The van der Waals surface area contributed by atoms with Gasteiger partial charge in [-0.2, -0.15) is 0 Å². The SMILES string of the molecule is NO.[Si]S. The standard InChI is InChI=1S/H3NO.HSSi/c2*1-2/h2H,1H2;1H. The number of nitrogens with two attached hydrogens (primary N) is 1. The van der Waals surface area contributed by atoms with Crippen molar-refractivity contribution in [1.82, 2.24) is 0 Å². The van der Waals surface area contributed by atoms with Crippen LogP contribution in [0.1, 0.15) is 0 Å².